The zero-order chi connectivity index (χ0) is 62.3. The Morgan fingerprint density at radius 3 is 1.49 bits per heavy atom. The van der Waals surface area contributed by atoms with Gasteiger partial charge < -0.3 is 73.7 Å². The Hall–Kier alpha value is -5.15. The number of amides is 6. The first kappa shape index (κ1) is 75.1. The van der Waals surface area contributed by atoms with Gasteiger partial charge in [-0.15, -0.1) is 0 Å². The Labute approximate surface area is 516 Å². The predicted octanol–water partition coefficient (Wildman–Crippen LogP) is 6.39. The number of carboxylic acid groups (broad SMARTS) is 1. The molecule has 0 spiro atoms. The van der Waals surface area contributed by atoms with Crippen LogP contribution in [-0.2, 0) is 82.6 Å². The summed E-state index contributed by atoms with van der Waals surface area (Å²) >= 11 is 12.3. The van der Waals surface area contributed by atoms with Crippen molar-refractivity contribution < 1.29 is 86.0 Å². The molecule has 25 heteroatoms. The average molecular weight is 1260 g/mol. The number of carbonyl (C=O) groups excluding carboxylic acids is 6. The largest absolute Gasteiger partial charge is 0.480 e. The first-order chi connectivity index (χ1) is 41.8. The number of hydrogen-bond acceptors (Lipinski definition) is 17. The van der Waals surface area contributed by atoms with Crippen molar-refractivity contribution in [1.82, 2.24) is 20.9 Å². The van der Waals surface area contributed by atoms with Gasteiger partial charge in [-0.3, -0.25) is 33.7 Å². The molecular formula is C61H93Cl2N5O18. The van der Waals surface area contributed by atoms with Gasteiger partial charge in [0.25, 0.3) is 17.7 Å². The SMILES string of the molecule is CCCOCCOCCCCCOCCNC(=O)CCN1C(=O)C=CC1=O.CCCOCCOCCOCCOCCOCCOCCOCCC(=O)NCCC1(C(=O)NC(Cc2ccc(NC(=O)c3c(Cl)cccc3Cl)cc2)C(=O)O)CCCC1. The van der Waals surface area contributed by atoms with Crippen molar-refractivity contribution in [2.45, 2.75) is 103 Å². The molecule has 1 aliphatic heterocycles. The van der Waals surface area contributed by atoms with E-state index in [9.17, 15) is 38.7 Å². The summed E-state index contributed by atoms with van der Waals surface area (Å²) in [5, 5.41) is 21.5. The topological polar surface area (TPSA) is 283 Å². The number of carbonyl (C=O) groups is 7. The Morgan fingerprint density at radius 2 is 1.00 bits per heavy atom. The number of aliphatic carboxylic acids is 1. The van der Waals surface area contributed by atoms with Crippen molar-refractivity contribution in [1.29, 1.82) is 0 Å². The Kier molecular flexibility index (Phi) is 41.8. The van der Waals surface area contributed by atoms with Crippen molar-refractivity contribution in [3.05, 3.63) is 75.8 Å². The number of nitrogens with one attached hydrogen (secondary N) is 4. The molecular weight excluding hydrogens is 1160 g/mol. The number of rotatable bonds is 50. The van der Waals surface area contributed by atoms with Crippen molar-refractivity contribution >= 4 is 70.3 Å². The maximum Gasteiger partial charge on any atom is 0.326 e. The lowest BCUT2D eigenvalue weighted by Gasteiger charge is -2.29. The number of nitrogens with zero attached hydrogens (tertiary/aromatic N) is 1. The fraction of sp³-hybridized carbons (Fsp3) is 0.656. The summed E-state index contributed by atoms with van der Waals surface area (Å²) < 4.78 is 54.4. The Balaban J connectivity index is 0.000000598. The second-order valence-corrected chi connectivity index (χ2v) is 20.9. The van der Waals surface area contributed by atoms with E-state index in [2.05, 4.69) is 35.1 Å². The zero-order valence-electron chi connectivity index (χ0n) is 50.3. The Bertz CT molecular complexity index is 2240. The second-order valence-electron chi connectivity index (χ2n) is 20.1. The number of ether oxygens (including phenoxy) is 10. The van der Waals surface area contributed by atoms with Crippen LogP contribution >= 0.6 is 23.2 Å². The average Bonchev–Trinajstić information content (AvgIpc) is 4.27. The molecule has 1 unspecified atom stereocenters. The molecule has 0 aromatic heterocycles. The third kappa shape index (κ3) is 33.8. The van der Waals surface area contributed by atoms with Gasteiger partial charge in [0, 0.05) is 83.2 Å². The first-order valence-corrected chi connectivity index (χ1v) is 30.8. The Morgan fingerprint density at radius 1 is 0.558 bits per heavy atom. The maximum atomic E-state index is 13.6. The smallest absolute Gasteiger partial charge is 0.326 e. The molecule has 0 bridgehead atoms. The number of benzene rings is 2. The van der Waals surface area contributed by atoms with E-state index >= 15 is 0 Å². The van der Waals surface area contributed by atoms with Crippen LogP contribution in [0.5, 0.6) is 0 Å². The molecule has 23 nitrogen and oxygen atoms in total. The second kappa shape index (κ2) is 47.9. The third-order valence-electron chi connectivity index (χ3n) is 13.3. The van der Waals surface area contributed by atoms with Gasteiger partial charge in [0.1, 0.15) is 6.04 Å². The lowest BCUT2D eigenvalue weighted by molar-refractivity contribution is -0.144. The van der Waals surface area contributed by atoms with Gasteiger partial charge in [-0.1, -0.05) is 68.1 Å². The molecule has 4 rings (SSSR count). The van der Waals surface area contributed by atoms with E-state index in [0.717, 1.165) is 69.7 Å². The van der Waals surface area contributed by atoms with Gasteiger partial charge in [-0.05, 0) is 81.2 Å². The number of imide groups is 1. The zero-order valence-corrected chi connectivity index (χ0v) is 51.8. The molecule has 86 heavy (non-hydrogen) atoms. The van der Waals surface area contributed by atoms with Crippen LogP contribution < -0.4 is 21.3 Å². The highest BCUT2D eigenvalue weighted by Gasteiger charge is 2.42. The van der Waals surface area contributed by atoms with E-state index in [1.807, 2.05) is 0 Å². The van der Waals surface area contributed by atoms with Crippen molar-refractivity contribution in [2.75, 3.05) is 157 Å². The maximum absolute atomic E-state index is 13.6. The molecule has 2 aliphatic rings. The van der Waals surface area contributed by atoms with Crippen LogP contribution in [0.25, 0.3) is 0 Å². The van der Waals surface area contributed by atoms with E-state index in [1.54, 1.807) is 42.5 Å². The number of anilines is 1. The van der Waals surface area contributed by atoms with E-state index in [1.165, 1.54) is 12.2 Å². The molecule has 0 saturated heterocycles. The minimum atomic E-state index is -1.17. The van der Waals surface area contributed by atoms with Crippen molar-refractivity contribution in [2.24, 2.45) is 5.41 Å². The molecule has 1 saturated carbocycles. The number of halogens is 2. The third-order valence-corrected chi connectivity index (χ3v) is 13.9. The number of carboxylic acids is 1. The highest BCUT2D eigenvalue weighted by atomic mass is 35.5. The quantitative estimate of drug-likeness (QED) is 0.0354. The number of hydrogen-bond donors (Lipinski definition) is 5. The van der Waals surface area contributed by atoms with Crippen LogP contribution in [0.1, 0.15) is 107 Å². The van der Waals surface area contributed by atoms with E-state index < -0.39 is 23.3 Å². The fourth-order valence-corrected chi connectivity index (χ4v) is 9.22. The molecule has 484 valence electrons. The van der Waals surface area contributed by atoms with E-state index in [4.69, 9.17) is 70.6 Å². The molecule has 2 aromatic carbocycles. The lowest BCUT2D eigenvalue weighted by Crippen LogP contribution is -2.49. The standard InChI is InChI=1S/C42H61Cl2N3O12.C19H32N2O6/c1-2-17-53-19-21-55-23-25-57-27-29-59-30-28-58-26-24-56-22-20-54-18-12-37(48)45-16-15-42(13-3-4-14-42)41(52)47-36(40(50)51)31-32-8-10-33(11-9-32)46-39(49)38-34(43)6-5-7-35(38)44;1-2-11-25-15-16-27-13-5-3-4-12-26-14-9-20-17(22)8-10-21-18(23)6-7-19(21)24/h5-11,36H,2-4,12-31H2,1H3,(H,45,48)(H,46,49)(H,47,52)(H,50,51);6-7H,2-5,8-16H2,1H3,(H,20,22). The molecule has 1 fully saturated rings. The summed E-state index contributed by atoms with van der Waals surface area (Å²) in [6.07, 6.45) is 11.0. The molecule has 0 radical (unpaired) electrons. The summed E-state index contributed by atoms with van der Waals surface area (Å²) in [5.74, 6) is -3.11. The monoisotopic (exact) mass is 1250 g/mol. The van der Waals surface area contributed by atoms with Crippen LogP contribution in [0.4, 0.5) is 5.69 Å². The molecule has 5 N–H and O–H groups in total. The molecule has 6 amide bonds. The van der Waals surface area contributed by atoms with Crippen LogP contribution in [0, 0.1) is 5.41 Å². The van der Waals surface area contributed by atoms with Gasteiger partial charge in [0.2, 0.25) is 17.7 Å². The van der Waals surface area contributed by atoms with Gasteiger partial charge in [0.15, 0.2) is 0 Å². The van der Waals surface area contributed by atoms with Crippen molar-refractivity contribution in [3.8, 4) is 0 Å². The van der Waals surface area contributed by atoms with Gasteiger partial charge in [-0.25, -0.2) is 4.79 Å². The summed E-state index contributed by atoms with van der Waals surface area (Å²) in [6.45, 7) is 15.5. The van der Waals surface area contributed by atoms with Gasteiger partial charge >= 0.3 is 5.97 Å². The van der Waals surface area contributed by atoms with E-state index in [-0.39, 0.29) is 84.1 Å². The molecule has 2 aromatic rings. The highest BCUT2D eigenvalue weighted by Crippen LogP contribution is 2.41. The van der Waals surface area contributed by atoms with Crippen LogP contribution in [0.15, 0.2) is 54.6 Å². The minimum absolute atomic E-state index is 0.0394. The first-order valence-electron chi connectivity index (χ1n) is 30.0. The summed E-state index contributed by atoms with van der Waals surface area (Å²) in [5.41, 5.74) is 0.501. The lowest BCUT2D eigenvalue weighted by atomic mass is 9.81. The van der Waals surface area contributed by atoms with Gasteiger partial charge in [-0.2, -0.15) is 0 Å². The normalized spacial score (nSPS) is 13.8. The van der Waals surface area contributed by atoms with Gasteiger partial charge in [0.05, 0.1) is 127 Å². The number of unbranched alkanes of at least 4 members (excludes halogenated alkanes) is 2. The molecule has 1 aliphatic carbocycles. The predicted molar refractivity (Wildman–Crippen MR) is 323 cm³/mol. The molecule has 1 heterocycles. The summed E-state index contributed by atoms with van der Waals surface area (Å²) in [7, 11) is 0. The van der Waals surface area contributed by atoms with Crippen LogP contribution in [0.3, 0.4) is 0 Å². The molecule has 1 atom stereocenters. The van der Waals surface area contributed by atoms with Crippen molar-refractivity contribution in [3.63, 3.8) is 0 Å². The summed E-state index contributed by atoms with van der Waals surface area (Å²) in [4.78, 5) is 86.4. The minimum Gasteiger partial charge on any atom is -0.480 e. The highest BCUT2D eigenvalue weighted by molar-refractivity contribution is 6.40. The fourth-order valence-electron chi connectivity index (χ4n) is 8.65. The summed E-state index contributed by atoms with van der Waals surface area (Å²) in [6, 6.07) is 10.3. The van der Waals surface area contributed by atoms with Crippen LogP contribution in [0.2, 0.25) is 10.0 Å². The van der Waals surface area contributed by atoms with Crippen LogP contribution in [-0.4, -0.2) is 209 Å². The van der Waals surface area contributed by atoms with E-state index in [0.29, 0.717) is 143 Å².